The van der Waals surface area contributed by atoms with Crippen molar-refractivity contribution in [1.82, 2.24) is 4.57 Å². The van der Waals surface area contributed by atoms with Crippen molar-refractivity contribution in [3.8, 4) is 0 Å². The number of aromatic nitrogens is 1. The quantitative estimate of drug-likeness (QED) is 0.410. The molecule has 4 aromatic rings. The fourth-order valence-corrected chi connectivity index (χ4v) is 5.45. The number of carbonyl (C=O) groups excluding carboxylic acids is 1. The smallest absolute Gasteiger partial charge is 0.279 e. The van der Waals surface area contributed by atoms with E-state index in [1.165, 1.54) is 53.8 Å². The number of fused-ring (bicyclic) bond motifs is 1. The van der Waals surface area contributed by atoms with Crippen LogP contribution in [-0.4, -0.2) is 32.6 Å². The van der Waals surface area contributed by atoms with Gasteiger partial charge in [0.25, 0.3) is 15.9 Å². The Balaban J connectivity index is 1.60. The topological polar surface area (TPSA) is 89.8 Å². The molecule has 1 N–H and O–H groups in total. The lowest BCUT2D eigenvalue weighted by Gasteiger charge is -2.08. The van der Waals surface area contributed by atoms with Crippen LogP contribution in [-0.2, 0) is 21.3 Å². The van der Waals surface area contributed by atoms with Gasteiger partial charge in [-0.1, -0.05) is 35.1 Å². The van der Waals surface area contributed by atoms with E-state index in [1.807, 2.05) is 6.92 Å². The van der Waals surface area contributed by atoms with Crippen LogP contribution < -0.4 is 9.52 Å². The molecule has 0 saturated carbocycles. The Kier molecular flexibility index (Phi) is 6.92. The van der Waals surface area contributed by atoms with Crippen LogP contribution in [0.5, 0.6) is 0 Å². The second-order valence-corrected chi connectivity index (χ2v) is 10.2. The van der Waals surface area contributed by atoms with Crippen molar-refractivity contribution in [3.63, 3.8) is 0 Å². The third-order valence-corrected chi connectivity index (χ3v) is 7.52. The van der Waals surface area contributed by atoms with Gasteiger partial charge in [0, 0.05) is 24.9 Å². The van der Waals surface area contributed by atoms with Gasteiger partial charge in [-0.25, -0.2) is 12.8 Å². The summed E-state index contributed by atoms with van der Waals surface area (Å²) >= 11 is 1.21. The monoisotopic (exact) mass is 499 g/mol. The molecular weight excluding hydrogens is 477 g/mol. The Hall–Kier alpha value is -3.34. The molecule has 3 aromatic carbocycles. The van der Waals surface area contributed by atoms with E-state index in [2.05, 4.69) is 9.71 Å². The van der Waals surface area contributed by atoms with Crippen molar-refractivity contribution in [2.24, 2.45) is 4.99 Å². The second kappa shape index (κ2) is 9.88. The first-order valence-electron chi connectivity index (χ1n) is 10.3. The largest absolute Gasteiger partial charge is 0.383 e. The van der Waals surface area contributed by atoms with Crippen LogP contribution in [0.2, 0.25) is 0 Å². The van der Waals surface area contributed by atoms with Crippen molar-refractivity contribution in [2.45, 2.75) is 18.4 Å². The first-order valence-corrected chi connectivity index (χ1v) is 12.6. The highest BCUT2D eigenvalue weighted by molar-refractivity contribution is 7.92. The number of rotatable bonds is 7. The van der Waals surface area contributed by atoms with Crippen LogP contribution in [0.1, 0.15) is 15.9 Å². The molecule has 0 saturated heterocycles. The zero-order valence-corrected chi connectivity index (χ0v) is 20.1. The maximum atomic E-state index is 14.4. The molecule has 0 unspecified atom stereocenters. The Morgan fingerprint density at radius 3 is 2.47 bits per heavy atom. The summed E-state index contributed by atoms with van der Waals surface area (Å²) in [6, 6.07) is 17.2. The first-order chi connectivity index (χ1) is 16.3. The lowest BCUT2D eigenvalue weighted by atomic mass is 10.2. The molecule has 0 radical (unpaired) electrons. The van der Waals surface area contributed by atoms with Crippen LogP contribution in [0.4, 0.5) is 10.1 Å². The van der Waals surface area contributed by atoms with Gasteiger partial charge in [-0.2, -0.15) is 4.99 Å². The average Bonchev–Trinajstić information content (AvgIpc) is 3.16. The van der Waals surface area contributed by atoms with Gasteiger partial charge in [-0.3, -0.25) is 9.52 Å². The maximum absolute atomic E-state index is 14.4. The molecule has 4 rings (SSSR count). The summed E-state index contributed by atoms with van der Waals surface area (Å²) < 4.78 is 49.5. The van der Waals surface area contributed by atoms with E-state index < -0.39 is 21.7 Å². The lowest BCUT2D eigenvalue weighted by molar-refractivity contribution is 0.0997. The molecule has 0 aliphatic carbocycles. The number of carbonyl (C=O) groups is 1. The molecule has 176 valence electrons. The molecule has 0 atom stereocenters. The van der Waals surface area contributed by atoms with Gasteiger partial charge in [0.1, 0.15) is 5.82 Å². The fourth-order valence-electron chi connectivity index (χ4n) is 3.33. The molecule has 0 aliphatic rings. The highest BCUT2D eigenvalue weighted by Gasteiger charge is 2.15. The summed E-state index contributed by atoms with van der Waals surface area (Å²) in [5, 5.41) is 0. The number of hydrogen-bond donors (Lipinski definition) is 1. The summed E-state index contributed by atoms with van der Waals surface area (Å²) in [5.41, 5.74) is 1.91. The van der Waals surface area contributed by atoms with Gasteiger partial charge in [0.2, 0.25) is 0 Å². The molecule has 1 aromatic heterocycles. The predicted molar refractivity (Wildman–Crippen MR) is 130 cm³/mol. The number of anilines is 1. The zero-order valence-electron chi connectivity index (χ0n) is 18.5. The van der Waals surface area contributed by atoms with Gasteiger partial charge in [-0.15, -0.1) is 0 Å². The van der Waals surface area contributed by atoms with Crippen molar-refractivity contribution >= 4 is 43.2 Å². The van der Waals surface area contributed by atoms with E-state index in [1.54, 1.807) is 35.9 Å². The molecule has 1 heterocycles. The second-order valence-electron chi connectivity index (χ2n) is 7.53. The normalized spacial score (nSPS) is 12.3. The number of benzene rings is 3. The van der Waals surface area contributed by atoms with E-state index in [0.717, 1.165) is 5.56 Å². The van der Waals surface area contributed by atoms with E-state index in [9.17, 15) is 17.6 Å². The molecule has 1 amide bonds. The zero-order chi connectivity index (χ0) is 24.3. The Bertz CT molecular complexity index is 1510. The molecule has 0 bridgehead atoms. The maximum Gasteiger partial charge on any atom is 0.279 e. The van der Waals surface area contributed by atoms with Gasteiger partial charge in [0.15, 0.2) is 4.80 Å². The van der Waals surface area contributed by atoms with Crippen LogP contribution in [0.3, 0.4) is 0 Å². The van der Waals surface area contributed by atoms with E-state index in [0.29, 0.717) is 33.9 Å². The van der Waals surface area contributed by atoms with E-state index >= 15 is 0 Å². The molecule has 0 spiro atoms. The van der Waals surface area contributed by atoms with Crippen molar-refractivity contribution < 1.29 is 22.3 Å². The predicted octanol–water partition coefficient (Wildman–Crippen LogP) is 4.34. The lowest BCUT2D eigenvalue weighted by Crippen LogP contribution is -2.20. The average molecular weight is 500 g/mol. The van der Waals surface area contributed by atoms with Crippen LogP contribution in [0.25, 0.3) is 10.2 Å². The number of nitrogens with one attached hydrogen (secondary N) is 1. The highest BCUT2D eigenvalue weighted by Crippen LogP contribution is 2.21. The minimum atomic E-state index is -3.75. The number of hydrogen-bond acceptors (Lipinski definition) is 5. The van der Waals surface area contributed by atoms with Crippen LogP contribution in [0.15, 0.2) is 76.6 Å². The summed E-state index contributed by atoms with van der Waals surface area (Å²) in [6.07, 6.45) is 0. The van der Waals surface area contributed by atoms with Crippen molar-refractivity contribution in [2.75, 3.05) is 18.4 Å². The standard InChI is InChI=1S/C24H22FN3O4S2/c1-16-6-12-19(13-7-16)34(30,31)27-18-10-8-17(9-11-18)23(29)26-24-28(14-15-32-2)22-20(25)4-3-5-21(22)33-24/h3-13,27H,14-15H2,1-2H3. The number of methoxy groups -OCH3 is 1. The third kappa shape index (κ3) is 5.09. The summed E-state index contributed by atoms with van der Waals surface area (Å²) in [5.74, 6) is -0.921. The molecule has 34 heavy (non-hydrogen) atoms. The SMILES string of the molecule is COCCn1c(=NC(=O)c2ccc(NS(=O)(=O)c3ccc(C)cc3)cc2)sc2cccc(F)c21. The van der Waals surface area contributed by atoms with Crippen molar-refractivity contribution in [3.05, 3.63) is 88.5 Å². The molecular formula is C24H22FN3O4S2. The van der Waals surface area contributed by atoms with Crippen LogP contribution in [0, 0.1) is 12.7 Å². The Morgan fingerprint density at radius 2 is 1.79 bits per heavy atom. The number of amides is 1. The molecule has 0 aliphatic heterocycles. The summed E-state index contributed by atoms with van der Waals surface area (Å²) in [4.78, 5) is 17.5. The third-order valence-electron chi connectivity index (χ3n) is 5.08. The number of nitrogens with zero attached hydrogens (tertiary/aromatic N) is 2. The van der Waals surface area contributed by atoms with Gasteiger partial charge >= 0.3 is 0 Å². The number of aryl methyl sites for hydroxylation is 1. The summed E-state index contributed by atoms with van der Waals surface area (Å²) in [7, 11) is -2.21. The number of sulfonamides is 1. The van der Waals surface area contributed by atoms with Gasteiger partial charge in [0.05, 0.1) is 21.7 Å². The number of thiazole rings is 1. The first kappa shape index (κ1) is 23.8. The van der Waals surface area contributed by atoms with Gasteiger partial charge in [-0.05, 0) is 55.5 Å². The van der Waals surface area contributed by atoms with Gasteiger partial charge < -0.3 is 9.30 Å². The highest BCUT2D eigenvalue weighted by atomic mass is 32.2. The van der Waals surface area contributed by atoms with Crippen molar-refractivity contribution in [1.29, 1.82) is 0 Å². The number of ether oxygens (including phenoxy) is 1. The fraction of sp³-hybridized carbons (Fsp3) is 0.167. The molecule has 0 fully saturated rings. The Labute approximate surface area is 200 Å². The molecule has 7 nitrogen and oxygen atoms in total. The number of halogens is 1. The minimum absolute atomic E-state index is 0.144. The molecule has 10 heteroatoms. The van der Waals surface area contributed by atoms with E-state index in [-0.39, 0.29) is 10.5 Å². The summed E-state index contributed by atoms with van der Waals surface area (Å²) in [6.45, 7) is 2.54. The minimum Gasteiger partial charge on any atom is -0.383 e. The number of para-hydroxylation sites is 1. The Morgan fingerprint density at radius 1 is 1.09 bits per heavy atom. The van der Waals surface area contributed by atoms with E-state index in [4.69, 9.17) is 4.74 Å². The van der Waals surface area contributed by atoms with Crippen LogP contribution >= 0.6 is 11.3 Å².